The molecule has 1 aliphatic heterocycles. The van der Waals surface area contributed by atoms with Crippen LogP contribution in [0.4, 0.5) is 0 Å². The molecule has 1 heterocycles. The summed E-state index contributed by atoms with van der Waals surface area (Å²) in [4.78, 5) is 0. The van der Waals surface area contributed by atoms with Crippen molar-refractivity contribution < 1.29 is 0 Å². The Morgan fingerprint density at radius 1 is 1.75 bits per heavy atom. The second-order valence-electron chi connectivity index (χ2n) is 1.74. The van der Waals surface area contributed by atoms with Gasteiger partial charge in [-0.25, -0.2) is 0 Å². The van der Waals surface area contributed by atoms with Crippen LogP contribution in [0.1, 0.15) is 20.3 Å². The van der Waals surface area contributed by atoms with Gasteiger partial charge in [0.05, 0.1) is 5.11 Å². The van der Waals surface area contributed by atoms with Crippen LogP contribution in [0.15, 0.2) is 16.5 Å². The van der Waals surface area contributed by atoms with Crippen LogP contribution in [0.2, 0.25) is 0 Å². The molecule has 0 bridgehead atoms. The van der Waals surface area contributed by atoms with Crippen molar-refractivity contribution in [3.63, 3.8) is 0 Å². The Kier molecular flexibility index (Phi) is 1.28. The number of allylic oxidation sites excluding steroid dienone is 2. The molecular formula is C5H9N3+. The minimum atomic E-state index is 0.961. The second kappa shape index (κ2) is 1.94. The highest BCUT2D eigenvalue weighted by molar-refractivity contribution is 5.08. The molecule has 1 rings (SSSR count). The fourth-order valence-corrected chi connectivity index (χ4v) is 0.636. The van der Waals surface area contributed by atoms with Crippen LogP contribution in [-0.2, 0) is 0 Å². The molecule has 0 saturated carbocycles. The van der Waals surface area contributed by atoms with E-state index in [9.17, 15) is 0 Å². The Morgan fingerprint density at radius 3 is 2.75 bits per heavy atom. The van der Waals surface area contributed by atoms with Crippen molar-refractivity contribution >= 4 is 0 Å². The smallest absolute Gasteiger partial charge is 0.0735 e. The second-order valence-corrected chi connectivity index (χ2v) is 1.74. The zero-order valence-electron chi connectivity index (χ0n) is 5.10. The van der Waals surface area contributed by atoms with E-state index in [1.807, 2.05) is 6.92 Å². The summed E-state index contributed by atoms with van der Waals surface area (Å²) in [6, 6.07) is 0. The molecule has 3 heteroatoms. The molecule has 43 valence electrons. The Bertz CT molecular complexity index is 146. The van der Waals surface area contributed by atoms with Gasteiger partial charge in [-0.2, -0.15) is 0 Å². The molecule has 0 atom stereocenters. The lowest BCUT2D eigenvalue weighted by Crippen LogP contribution is -2.05. The van der Waals surface area contributed by atoms with Gasteiger partial charge < -0.3 is 0 Å². The van der Waals surface area contributed by atoms with Crippen molar-refractivity contribution in [3.05, 3.63) is 11.4 Å². The molecule has 0 aromatic carbocycles. The molecule has 0 aliphatic carbocycles. The summed E-state index contributed by atoms with van der Waals surface area (Å²) in [5.41, 5.74) is 4.90. The molecule has 1 N–H and O–H groups in total. The number of rotatable bonds is 1. The molecule has 0 saturated heterocycles. The van der Waals surface area contributed by atoms with E-state index in [0.717, 1.165) is 17.8 Å². The van der Waals surface area contributed by atoms with E-state index in [1.54, 1.807) is 0 Å². The fourth-order valence-electron chi connectivity index (χ4n) is 0.636. The Labute approximate surface area is 48.5 Å². The maximum atomic E-state index is 3.83. The summed E-state index contributed by atoms with van der Waals surface area (Å²) >= 11 is 0. The van der Waals surface area contributed by atoms with E-state index in [1.165, 1.54) is 0 Å². The van der Waals surface area contributed by atoms with Crippen LogP contribution in [0.5, 0.6) is 0 Å². The molecule has 0 unspecified atom stereocenters. The number of nitrogens with one attached hydrogen (secondary N) is 1. The zero-order valence-corrected chi connectivity index (χ0v) is 5.10. The fraction of sp³-hybridized carbons (Fsp3) is 0.600. The van der Waals surface area contributed by atoms with E-state index in [-0.39, 0.29) is 0 Å². The van der Waals surface area contributed by atoms with Gasteiger partial charge in [-0.05, 0) is 13.3 Å². The molecule has 3 nitrogen and oxygen atoms in total. The third-order valence-corrected chi connectivity index (χ3v) is 1.16. The maximum Gasteiger partial charge on any atom is 0.330 e. The van der Waals surface area contributed by atoms with Crippen LogP contribution in [0, 0.1) is 0 Å². The SMILES string of the molecule is CCC1=C(C)N[N+]=N1. The largest absolute Gasteiger partial charge is 0.330 e. The van der Waals surface area contributed by atoms with Crippen LogP contribution in [0.25, 0.3) is 0 Å². The van der Waals surface area contributed by atoms with E-state index in [2.05, 4.69) is 22.7 Å². The van der Waals surface area contributed by atoms with E-state index in [4.69, 9.17) is 0 Å². The Hall–Kier alpha value is -0.860. The quantitative estimate of drug-likeness (QED) is 0.537. The molecule has 0 aromatic heterocycles. The normalized spacial score (nSPS) is 17.2. The van der Waals surface area contributed by atoms with Gasteiger partial charge in [-0.1, -0.05) is 12.3 Å². The zero-order chi connectivity index (χ0) is 5.98. The summed E-state index contributed by atoms with van der Waals surface area (Å²) in [7, 11) is 0. The van der Waals surface area contributed by atoms with Gasteiger partial charge in [0.15, 0.2) is 0 Å². The molecule has 8 heavy (non-hydrogen) atoms. The predicted octanol–water partition coefficient (Wildman–Crippen LogP) is 0.934. The third-order valence-electron chi connectivity index (χ3n) is 1.16. The minimum Gasteiger partial charge on any atom is -0.0735 e. The summed E-state index contributed by atoms with van der Waals surface area (Å²) in [6.07, 6.45) is 0.961. The van der Waals surface area contributed by atoms with Crippen LogP contribution in [-0.4, -0.2) is 0 Å². The molecule has 0 fully saturated rings. The minimum absolute atomic E-state index is 0.961. The van der Waals surface area contributed by atoms with Gasteiger partial charge in [0, 0.05) is 0 Å². The highest BCUT2D eigenvalue weighted by atomic mass is 15.5. The van der Waals surface area contributed by atoms with Gasteiger partial charge in [0.1, 0.15) is 11.4 Å². The first-order valence-electron chi connectivity index (χ1n) is 2.71. The summed E-state index contributed by atoms with van der Waals surface area (Å²) in [5, 5.41) is 7.45. The van der Waals surface area contributed by atoms with Crippen molar-refractivity contribution in [3.8, 4) is 0 Å². The summed E-state index contributed by atoms with van der Waals surface area (Å²) in [6.45, 7) is 4.03. The average Bonchev–Trinajstić information content (AvgIpc) is 2.14. The lowest BCUT2D eigenvalue weighted by molar-refractivity contribution is 0.768. The maximum absolute atomic E-state index is 3.83. The van der Waals surface area contributed by atoms with Crippen LogP contribution in [0.3, 0.4) is 0 Å². The first kappa shape index (κ1) is 5.28. The number of hydrogen-bond acceptors (Lipinski definition) is 3. The molecule has 0 aromatic rings. The molecular weight excluding hydrogens is 102 g/mol. The van der Waals surface area contributed by atoms with E-state index >= 15 is 0 Å². The Balaban J connectivity index is 2.70. The highest BCUT2D eigenvalue weighted by Gasteiger charge is 2.13. The van der Waals surface area contributed by atoms with Gasteiger partial charge in [-0.3, -0.25) is 0 Å². The van der Waals surface area contributed by atoms with Crippen LogP contribution >= 0.6 is 0 Å². The molecule has 0 spiro atoms. The van der Waals surface area contributed by atoms with Crippen molar-refractivity contribution in [2.45, 2.75) is 20.3 Å². The molecule has 0 amide bonds. The van der Waals surface area contributed by atoms with Gasteiger partial charge in [-0.15, -0.1) is 0 Å². The van der Waals surface area contributed by atoms with Crippen molar-refractivity contribution in [2.24, 2.45) is 5.11 Å². The first-order valence-corrected chi connectivity index (χ1v) is 2.71. The molecule has 1 radical (unpaired) electrons. The Morgan fingerprint density at radius 2 is 2.50 bits per heavy atom. The standard InChI is InChI=1S/C5H9N3/c1-3-5-4(2)6-8-7-5/h3H2,1-2H3,(H,6,7)/q+1. The summed E-state index contributed by atoms with van der Waals surface area (Å²) in [5.74, 6) is 0. The highest BCUT2D eigenvalue weighted by Crippen LogP contribution is 2.08. The van der Waals surface area contributed by atoms with E-state index in [0.29, 0.717) is 0 Å². The monoisotopic (exact) mass is 111 g/mol. The molecule has 1 aliphatic rings. The topological polar surface area (TPSA) is 38.5 Å². The lowest BCUT2D eigenvalue weighted by Gasteiger charge is -1.82. The van der Waals surface area contributed by atoms with Crippen molar-refractivity contribution in [2.75, 3.05) is 0 Å². The predicted molar refractivity (Wildman–Crippen MR) is 30.7 cm³/mol. The van der Waals surface area contributed by atoms with Gasteiger partial charge in [0.25, 0.3) is 0 Å². The van der Waals surface area contributed by atoms with Crippen molar-refractivity contribution in [1.29, 1.82) is 0 Å². The van der Waals surface area contributed by atoms with Gasteiger partial charge in [0.2, 0.25) is 0 Å². The van der Waals surface area contributed by atoms with E-state index < -0.39 is 0 Å². The number of hydrogen-bond donors (Lipinski definition) is 1. The average molecular weight is 111 g/mol. The van der Waals surface area contributed by atoms with Crippen molar-refractivity contribution in [1.82, 2.24) is 10.6 Å². The van der Waals surface area contributed by atoms with Gasteiger partial charge >= 0.3 is 5.22 Å². The van der Waals surface area contributed by atoms with Crippen LogP contribution < -0.4 is 10.6 Å². The number of nitrogens with zero attached hydrogens (tertiary/aromatic N) is 2. The third kappa shape index (κ3) is 0.710. The first-order chi connectivity index (χ1) is 3.84. The lowest BCUT2D eigenvalue weighted by atomic mass is 10.3. The summed E-state index contributed by atoms with van der Waals surface area (Å²) < 4.78 is 0.